The Labute approximate surface area is 157 Å². The maximum absolute atomic E-state index is 13.5. The molecule has 5 heteroatoms. The first-order valence-electron chi connectivity index (χ1n) is 9.19. The van der Waals surface area contributed by atoms with Crippen LogP contribution in [0, 0.1) is 13.8 Å². The number of rotatable bonds is 1. The quantitative estimate of drug-likeness (QED) is 0.620. The summed E-state index contributed by atoms with van der Waals surface area (Å²) >= 11 is -1.05. The Hall–Kier alpha value is -1.82. The number of aryl methyl sites for hydroxylation is 2. The van der Waals surface area contributed by atoms with Gasteiger partial charge in [0, 0.05) is 48.0 Å². The average molecular weight is 366 g/mol. The highest BCUT2D eigenvalue weighted by molar-refractivity contribution is 7.92. The molecule has 1 aromatic carbocycles. The molecule has 0 saturated heterocycles. The molecule has 3 aromatic rings. The minimum atomic E-state index is -1.05. The van der Waals surface area contributed by atoms with Gasteiger partial charge in [0.1, 0.15) is 5.52 Å². The summed E-state index contributed by atoms with van der Waals surface area (Å²) < 4.78 is 16.0. The smallest absolute Gasteiger partial charge is 0.177 e. The molecular formula is C21H23N3OS. The number of pyridine rings is 1. The fourth-order valence-corrected chi connectivity index (χ4v) is 6.25. The van der Waals surface area contributed by atoms with Crippen LogP contribution >= 0.6 is 0 Å². The van der Waals surface area contributed by atoms with Crippen LogP contribution in [0.5, 0.6) is 0 Å². The molecule has 4 heterocycles. The summed E-state index contributed by atoms with van der Waals surface area (Å²) in [5, 5.41) is 1.30. The molecule has 2 aliphatic rings. The zero-order valence-electron chi connectivity index (χ0n) is 15.5. The Kier molecular flexibility index (Phi) is 3.68. The van der Waals surface area contributed by atoms with Crippen molar-refractivity contribution in [2.24, 2.45) is 0 Å². The van der Waals surface area contributed by atoms with E-state index in [1.807, 2.05) is 19.2 Å². The van der Waals surface area contributed by atoms with Crippen molar-refractivity contribution in [1.82, 2.24) is 14.5 Å². The van der Waals surface area contributed by atoms with Crippen LogP contribution in [-0.2, 0) is 30.7 Å². The molecule has 0 N–H and O–H groups in total. The predicted molar refractivity (Wildman–Crippen MR) is 105 cm³/mol. The van der Waals surface area contributed by atoms with Crippen LogP contribution < -0.4 is 0 Å². The molecule has 0 spiro atoms. The average Bonchev–Trinajstić information content (AvgIpc) is 2.91. The predicted octanol–water partition coefficient (Wildman–Crippen LogP) is 3.50. The highest BCUT2D eigenvalue weighted by atomic mass is 32.2. The fourth-order valence-electron chi connectivity index (χ4n) is 4.55. The summed E-state index contributed by atoms with van der Waals surface area (Å²) in [5.74, 6) is 0. The van der Waals surface area contributed by atoms with Gasteiger partial charge in [0.15, 0.2) is 10.1 Å². The second kappa shape index (κ2) is 5.84. The third-order valence-electron chi connectivity index (χ3n) is 5.76. The van der Waals surface area contributed by atoms with Crippen molar-refractivity contribution in [3.05, 3.63) is 58.5 Å². The van der Waals surface area contributed by atoms with E-state index in [2.05, 4.69) is 46.6 Å². The summed E-state index contributed by atoms with van der Waals surface area (Å²) in [5.41, 5.74) is 7.39. The van der Waals surface area contributed by atoms with Crippen molar-refractivity contribution < 1.29 is 4.55 Å². The molecular weight excluding hydrogens is 342 g/mol. The van der Waals surface area contributed by atoms with E-state index in [-0.39, 0.29) is 5.25 Å². The zero-order chi connectivity index (χ0) is 18.0. The number of fused-ring (bicyclic) bond motifs is 3. The van der Waals surface area contributed by atoms with Gasteiger partial charge in [-0.05, 0) is 67.5 Å². The van der Waals surface area contributed by atoms with Crippen molar-refractivity contribution in [3.63, 3.8) is 0 Å². The lowest BCUT2D eigenvalue weighted by Crippen LogP contribution is -2.29. The second-order valence-corrected chi connectivity index (χ2v) is 9.30. The van der Waals surface area contributed by atoms with E-state index >= 15 is 0 Å². The Morgan fingerprint density at radius 1 is 1.23 bits per heavy atom. The highest BCUT2D eigenvalue weighted by Gasteiger charge is 2.38. The van der Waals surface area contributed by atoms with Crippen LogP contribution in [0.25, 0.3) is 10.9 Å². The van der Waals surface area contributed by atoms with E-state index in [0.29, 0.717) is 0 Å². The summed E-state index contributed by atoms with van der Waals surface area (Å²) in [7, 11) is 2.18. The number of hydrogen-bond acceptors (Lipinski definition) is 3. The van der Waals surface area contributed by atoms with Gasteiger partial charge in [-0.15, -0.1) is 0 Å². The van der Waals surface area contributed by atoms with Crippen molar-refractivity contribution in [1.29, 1.82) is 0 Å². The van der Waals surface area contributed by atoms with Gasteiger partial charge < -0.3 is 14.0 Å². The Morgan fingerprint density at radius 3 is 2.88 bits per heavy atom. The Morgan fingerprint density at radius 2 is 2.08 bits per heavy atom. The summed E-state index contributed by atoms with van der Waals surface area (Å²) in [6.07, 6.45) is 2.90. The molecule has 2 aromatic heterocycles. The van der Waals surface area contributed by atoms with E-state index in [4.69, 9.17) is 0 Å². The largest absolute Gasteiger partial charge is 0.611 e. The van der Waals surface area contributed by atoms with E-state index in [1.165, 1.54) is 27.7 Å². The van der Waals surface area contributed by atoms with E-state index in [1.54, 1.807) is 0 Å². The maximum atomic E-state index is 13.5. The molecule has 0 bridgehead atoms. The van der Waals surface area contributed by atoms with Crippen LogP contribution in [0.15, 0.2) is 35.4 Å². The van der Waals surface area contributed by atoms with Crippen LogP contribution in [0.4, 0.5) is 0 Å². The Bertz CT molecular complexity index is 1030. The van der Waals surface area contributed by atoms with Crippen LogP contribution in [0.1, 0.15) is 33.3 Å². The first kappa shape index (κ1) is 16.4. The van der Waals surface area contributed by atoms with Crippen LogP contribution in [0.3, 0.4) is 0 Å². The maximum Gasteiger partial charge on any atom is 0.177 e. The van der Waals surface area contributed by atoms with Crippen molar-refractivity contribution in [2.45, 2.75) is 43.5 Å². The SMILES string of the molecule is Cc1cc2c3c(c1)c1c(n3CC(c3ccnc(C)c3)[S+]2[O-])CCN(C)C1. The van der Waals surface area contributed by atoms with E-state index in [0.717, 1.165) is 42.2 Å². The third-order valence-corrected chi connectivity index (χ3v) is 7.45. The van der Waals surface area contributed by atoms with Crippen molar-refractivity contribution in [3.8, 4) is 0 Å². The topological polar surface area (TPSA) is 44.1 Å². The number of nitrogens with zero attached hydrogens (tertiary/aromatic N) is 3. The molecule has 2 atom stereocenters. The standard InChI is InChI=1S/C21H23N3OS/c1-13-8-16-17-11-23(3)7-5-18(17)24-12-20(15-4-6-22-14(2)10-15)26(25)19(9-13)21(16)24/h4,6,8-10,20H,5,7,11-12H2,1-3H3. The number of hydrogen-bond donors (Lipinski definition) is 0. The van der Waals surface area contributed by atoms with Gasteiger partial charge in [0.25, 0.3) is 0 Å². The molecule has 0 radical (unpaired) electrons. The van der Waals surface area contributed by atoms with Gasteiger partial charge in [0.2, 0.25) is 0 Å². The van der Waals surface area contributed by atoms with Crippen molar-refractivity contribution >= 4 is 22.1 Å². The van der Waals surface area contributed by atoms with Gasteiger partial charge in [-0.1, -0.05) is 0 Å². The minimum absolute atomic E-state index is 0.00893. The monoisotopic (exact) mass is 365 g/mol. The molecule has 2 aliphatic heterocycles. The summed E-state index contributed by atoms with van der Waals surface area (Å²) in [6, 6.07) is 8.52. The second-order valence-electron chi connectivity index (χ2n) is 7.70. The molecule has 134 valence electrons. The molecule has 4 nitrogen and oxygen atoms in total. The first-order valence-corrected chi connectivity index (χ1v) is 10.4. The van der Waals surface area contributed by atoms with Gasteiger partial charge >= 0.3 is 0 Å². The summed E-state index contributed by atoms with van der Waals surface area (Å²) in [4.78, 5) is 7.70. The number of benzene rings is 1. The van der Waals surface area contributed by atoms with Gasteiger partial charge in [-0.2, -0.15) is 0 Å². The van der Waals surface area contributed by atoms with Crippen LogP contribution in [-0.4, -0.2) is 32.6 Å². The van der Waals surface area contributed by atoms with E-state index in [9.17, 15) is 4.55 Å². The van der Waals surface area contributed by atoms with E-state index < -0.39 is 11.2 Å². The van der Waals surface area contributed by atoms with Gasteiger partial charge in [0.05, 0.1) is 6.54 Å². The lowest BCUT2D eigenvalue weighted by atomic mass is 10.0. The van der Waals surface area contributed by atoms with Crippen molar-refractivity contribution in [2.75, 3.05) is 13.6 Å². The molecule has 26 heavy (non-hydrogen) atoms. The minimum Gasteiger partial charge on any atom is -0.611 e. The lowest BCUT2D eigenvalue weighted by molar-refractivity contribution is 0.309. The Balaban J connectivity index is 1.74. The molecule has 0 amide bonds. The molecule has 0 aliphatic carbocycles. The third kappa shape index (κ3) is 2.34. The van der Waals surface area contributed by atoms with Crippen LogP contribution in [0.2, 0.25) is 0 Å². The van der Waals surface area contributed by atoms with Gasteiger partial charge in [-0.3, -0.25) is 4.98 Å². The summed E-state index contributed by atoms with van der Waals surface area (Å²) in [6.45, 7) is 6.97. The molecule has 2 unspecified atom stereocenters. The zero-order valence-corrected chi connectivity index (χ0v) is 16.3. The normalized spacial score (nSPS) is 22.6. The first-order chi connectivity index (χ1) is 12.5. The molecule has 0 fully saturated rings. The molecule has 5 rings (SSSR count). The number of aromatic nitrogens is 2. The number of likely N-dealkylation sites (N-methyl/N-ethyl adjacent to an activating group) is 1. The highest BCUT2D eigenvalue weighted by Crippen LogP contribution is 2.44. The lowest BCUT2D eigenvalue weighted by Gasteiger charge is -2.30. The van der Waals surface area contributed by atoms with Gasteiger partial charge in [-0.25, -0.2) is 0 Å². The fraction of sp³-hybridized carbons (Fsp3) is 0.381. The molecule has 0 saturated carbocycles.